The number of rotatable bonds is 5. The summed E-state index contributed by atoms with van der Waals surface area (Å²) in [6.45, 7) is 1.22. The standard InChI is InChI=1S/C19H19ClN4O2/c20-15-6-4-14(5-7-15)19-16-12-24(9-8-17(16)26-23-19)18(25)3-1-2-13-10-21-22-11-13/h4-7,10-11H,1-3,8-9,12H2,(H,21,22). The van der Waals surface area contributed by atoms with Gasteiger partial charge in [-0.2, -0.15) is 5.10 Å². The molecule has 0 saturated carbocycles. The lowest BCUT2D eigenvalue weighted by molar-refractivity contribution is -0.132. The zero-order valence-electron chi connectivity index (χ0n) is 14.2. The van der Waals surface area contributed by atoms with Crippen molar-refractivity contribution in [3.63, 3.8) is 0 Å². The van der Waals surface area contributed by atoms with E-state index in [4.69, 9.17) is 16.1 Å². The molecule has 1 aliphatic rings. The molecule has 3 heterocycles. The highest BCUT2D eigenvalue weighted by atomic mass is 35.5. The number of amides is 1. The Balaban J connectivity index is 1.42. The summed E-state index contributed by atoms with van der Waals surface area (Å²) >= 11 is 5.96. The molecular formula is C19H19ClN4O2. The quantitative estimate of drug-likeness (QED) is 0.744. The smallest absolute Gasteiger partial charge is 0.222 e. The zero-order valence-corrected chi connectivity index (χ0v) is 15.0. The van der Waals surface area contributed by atoms with Crippen LogP contribution in [0.5, 0.6) is 0 Å². The third-order valence-corrected chi connectivity index (χ3v) is 4.96. The van der Waals surface area contributed by atoms with Crippen molar-refractivity contribution in [3.8, 4) is 11.3 Å². The van der Waals surface area contributed by atoms with Crippen LogP contribution in [-0.2, 0) is 24.2 Å². The SMILES string of the molecule is O=C(CCCc1cn[nH]c1)N1CCc2onc(-c3ccc(Cl)cc3)c2C1. The van der Waals surface area contributed by atoms with Gasteiger partial charge in [0.05, 0.1) is 12.7 Å². The van der Waals surface area contributed by atoms with Gasteiger partial charge in [0, 0.05) is 41.7 Å². The number of aromatic amines is 1. The number of carbonyl (C=O) groups is 1. The molecular weight excluding hydrogens is 352 g/mol. The van der Waals surface area contributed by atoms with E-state index in [0.717, 1.165) is 41.0 Å². The van der Waals surface area contributed by atoms with Gasteiger partial charge in [-0.15, -0.1) is 0 Å². The van der Waals surface area contributed by atoms with Gasteiger partial charge in [0.2, 0.25) is 5.91 Å². The monoisotopic (exact) mass is 370 g/mol. The fourth-order valence-electron chi connectivity index (χ4n) is 3.27. The van der Waals surface area contributed by atoms with E-state index < -0.39 is 0 Å². The van der Waals surface area contributed by atoms with E-state index in [0.29, 0.717) is 31.0 Å². The number of H-pyrrole nitrogens is 1. The van der Waals surface area contributed by atoms with Crippen molar-refractivity contribution in [2.75, 3.05) is 6.54 Å². The van der Waals surface area contributed by atoms with E-state index in [-0.39, 0.29) is 5.91 Å². The first kappa shape index (κ1) is 16.8. The molecule has 26 heavy (non-hydrogen) atoms. The Bertz CT molecular complexity index is 887. The van der Waals surface area contributed by atoms with E-state index in [2.05, 4.69) is 15.4 Å². The predicted octanol–water partition coefficient (Wildman–Crippen LogP) is 3.63. The molecule has 1 aromatic carbocycles. The number of aromatic nitrogens is 3. The molecule has 4 rings (SSSR count). The summed E-state index contributed by atoms with van der Waals surface area (Å²) < 4.78 is 5.50. The third-order valence-electron chi connectivity index (χ3n) is 4.71. The van der Waals surface area contributed by atoms with E-state index in [1.54, 1.807) is 6.20 Å². The summed E-state index contributed by atoms with van der Waals surface area (Å²) in [5.41, 5.74) is 3.88. The minimum absolute atomic E-state index is 0.169. The predicted molar refractivity (Wildman–Crippen MR) is 97.6 cm³/mol. The van der Waals surface area contributed by atoms with Crippen LogP contribution in [0.4, 0.5) is 0 Å². The topological polar surface area (TPSA) is 75.0 Å². The highest BCUT2D eigenvalue weighted by Crippen LogP contribution is 2.30. The lowest BCUT2D eigenvalue weighted by Crippen LogP contribution is -2.35. The maximum absolute atomic E-state index is 12.6. The molecule has 0 aliphatic carbocycles. The van der Waals surface area contributed by atoms with Gasteiger partial charge in [0.15, 0.2) is 0 Å². The van der Waals surface area contributed by atoms with Crippen molar-refractivity contribution in [2.45, 2.75) is 32.2 Å². The van der Waals surface area contributed by atoms with E-state index in [1.807, 2.05) is 35.4 Å². The Morgan fingerprint density at radius 3 is 2.92 bits per heavy atom. The van der Waals surface area contributed by atoms with Crippen molar-refractivity contribution in [1.82, 2.24) is 20.3 Å². The number of benzene rings is 1. The molecule has 6 nitrogen and oxygen atoms in total. The van der Waals surface area contributed by atoms with Gasteiger partial charge < -0.3 is 9.42 Å². The molecule has 0 atom stereocenters. The second-order valence-corrected chi connectivity index (χ2v) is 6.90. The van der Waals surface area contributed by atoms with E-state index >= 15 is 0 Å². The fourth-order valence-corrected chi connectivity index (χ4v) is 3.40. The summed E-state index contributed by atoms with van der Waals surface area (Å²) in [4.78, 5) is 14.5. The van der Waals surface area contributed by atoms with Gasteiger partial charge in [0.1, 0.15) is 11.5 Å². The molecule has 134 valence electrons. The Morgan fingerprint density at radius 2 is 2.15 bits per heavy atom. The molecule has 7 heteroatoms. The number of nitrogens with zero attached hydrogens (tertiary/aromatic N) is 3. The van der Waals surface area contributed by atoms with Gasteiger partial charge in [-0.1, -0.05) is 28.9 Å². The van der Waals surface area contributed by atoms with Crippen molar-refractivity contribution < 1.29 is 9.32 Å². The van der Waals surface area contributed by atoms with Gasteiger partial charge in [0.25, 0.3) is 0 Å². The number of hydrogen-bond donors (Lipinski definition) is 1. The zero-order chi connectivity index (χ0) is 17.9. The number of halogens is 1. The van der Waals surface area contributed by atoms with Crippen LogP contribution < -0.4 is 0 Å². The molecule has 0 saturated heterocycles. The van der Waals surface area contributed by atoms with E-state index in [1.165, 1.54) is 0 Å². The second kappa shape index (κ2) is 7.33. The fraction of sp³-hybridized carbons (Fsp3) is 0.316. The second-order valence-electron chi connectivity index (χ2n) is 6.47. The summed E-state index contributed by atoms with van der Waals surface area (Å²) in [6, 6.07) is 7.51. The van der Waals surface area contributed by atoms with Gasteiger partial charge in [-0.05, 0) is 30.5 Å². The van der Waals surface area contributed by atoms with Crippen LogP contribution in [0.2, 0.25) is 5.02 Å². The van der Waals surface area contributed by atoms with Gasteiger partial charge in [-0.3, -0.25) is 9.89 Å². The Hall–Kier alpha value is -2.60. The molecule has 1 N–H and O–H groups in total. The van der Waals surface area contributed by atoms with Crippen LogP contribution in [0, 0.1) is 0 Å². The summed E-state index contributed by atoms with van der Waals surface area (Å²) in [6.07, 6.45) is 6.56. The minimum atomic E-state index is 0.169. The number of hydrogen-bond acceptors (Lipinski definition) is 4. The number of carbonyl (C=O) groups excluding carboxylic acids is 1. The Morgan fingerprint density at radius 1 is 1.31 bits per heavy atom. The molecule has 0 fully saturated rings. The van der Waals surface area contributed by atoms with Crippen molar-refractivity contribution >= 4 is 17.5 Å². The van der Waals surface area contributed by atoms with Crippen LogP contribution in [0.3, 0.4) is 0 Å². The molecule has 1 amide bonds. The lowest BCUT2D eigenvalue weighted by Gasteiger charge is -2.26. The maximum atomic E-state index is 12.6. The van der Waals surface area contributed by atoms with Crippen LogP contribution >= 0.6 is 11.6 Å². The number of fused-ring (bicyclic) bond motifs is 1. The largest absolute Gasteiger partial charge is 0.360 e. The first-order chi connectivity index (χ1) is 12.7. The molecule has 0 bridgehead atoms. The Kier molecular flexibility index (Phi) is 4.75. The molecule has 3 aromatic rings. The molecule has 2 aromatic heterocycles. The van der Waals surface area contributed by atoms with Crippen molar-refractivity contribution in [2.24, 2.45) is 0 Å². The van der Waals surface area contributed by atoms with Crippen LogP contribution in [-0.4, -0.2) is 32.7 Å². The first-order valence-corrected chi connectivity index (χ1v) is 9.07. The lowest BCUT2D eigenvalue weighted by atomic mass is 10.0. The average molecular weight is 371 g/mol. The van der Waals surface area contributed by atoms with Crippen molar-refractivity contribution in [3.05, 3.63) is 58.6 Å². The van der Waals surface area contributed by atoms with Gasteiger partial charge in [-0.25, -0.2) is 0 Å². The average Bonchev–Trinajstić information content (AvgIpc) is 3.31. The maximum Gasteiger partial charge on any atom is 0.222 e. The molecule has 0 radical (unpaired) electrons. The highest BCUT2D eigenvalue weighted by molar-refractivity contribution is 6.30. The summed E-state index contributed by atoms with van der Waals surface area (Å²) in [5, 5.41) is 11.6. The van der Waals surface area contributed by atoms with Crippen molar-refractivity contribution in [1.29, 1.82) is 0 Å². The molecule has 0 unspecified atom stereocenters. The van der Waals surface area contributed by atoms with Crippen LogP contribution in [0.1, 0.15) is 29.7 Å². The molecule has 0 spiro atoms. The Labute approximate surface area is 156 Å². The van der Waals surface area contributed by atoms with Gasteiger partial charge >= 0.3 is 0 Å². The number of aryl methyl sites for hydroxylation is 1. The van der Waals surface area contributed by atoms with E-state index in [9.17, 15) is 4.79 Å². The third kappa shape index (κ3) is 3.51. The normalized spacial score (nSPS) is 13.7. The van der Waals surface area contributed by atoms with Crippen LogP contribution in [0.15, 0.2) is 41.2 Å². The molecule has 1 aliphatic heterocycles. The highest BCUT2D eigenvalue weighted by Gasteiger charge is 2.27. The summed E-state index contributed by atoms with van der Waals surface area (Å²) in [7, 11) is 0. The number of nitrogens with one attached hydrogen (secondary N) is 1. The van der Waals surface area contributed by atoms with Crippen LogP contribution in [0.25, 0.3) is 11.3 Å². The first-order valence-electron chi connectivity index (χ1n) is 8.69. The minimum Gasteiger partial charge on any atom is -0.360 e. The summed E-state index contributed by atoms with van der Waals surface area (Å²) in [5.74, 6) is 1.04.